The molecule has 1 rings (SSSR count). The third-order valence-electron chi connectivity index (χ3n) is 2.38. The normalized spacial score (nSPS) is 12.9. The Morgan fingerprint density at radius 1 is 1.61 bits per heavy atom. The molecule has 0 fully saturated rings. The molecule has 4 N–H and O–H groups in total. The summed E-state index contributed by atoms with van der Waals surface area (Å²) in [6.07, 6.45) is 0. The van der Waals surface area contributed by atoms with Crippen LogP contribution in [-0.2, 0) is 4.79 Å². The highest BCUT2D eigenvalue weighted by atomic mass is 19.1. The van der Waals surface area contributed by atoms with Crippen LogP contribution < -0.4 is 15.8 Å². The van der Waals surface area contributed by atoms with Crippen molar-refractivity contribution in [3.63, 3.8) is 0 Å². The standard InChI is InChI=1S/C11H14FN3O3/c1-6(10(13)15-17)11(16)14-9-5-7(18-2)3-4-8(9)12/h3-6,17H,1-2H3,(H2,13,15)(H,14,16). The van der Waals surface area contributed by atoms with Gasteiger partial charge in [0.25, 0.3) is 0 Å². The van der Waals surface area contributed by atoms with Gasteiger partial charge in [-0.1, -0.05) is 5.16 Å². The number of anilines is 1. The van der Waals surface area contributed by atoms with Crippen molar-refractivity contribution < 1.29 is 19.1 Å². The maximum atomic E-state index is 13.4. The largest absolute Gasteiger partial charge is 0.497 e. The van der Waals surface area contributed by atoms with Crippen molar-refractivity contribution in [3.05, 3.63) is 24.0 Å². The second-order valence-corrected chi connectivity index (χ2v) is 3.58. The van der Waals surface area contributed by atoms with Gasteiger partial charge in [0.2, 0.25) is 5.91 Å². The zero-order valence-corrected chi connectivity index (χ0v) is 9.98. The van der Waals surface area contributed by atoms with Crippen LogP contribution in [-0.4, -0.2) is 24.1 Å². The minimum atomic E-state index is -0.874. The van der Waals surface area contributed by atoms with E-state index in [4.69, 9.17) is 15.7 Å². The molecule has 0 aliphatic heterocycles. The number of rotatable bonds is 4. The van der Waals surface area contributed by atoms with E-state index in [1.165, 1.54) is 32.2 Å². The molecule has 0 aliphatic rings. The smallest absolute Gasteiger partial charge is 0.235 e. The zero-order chi connectivity index (χ0) is 13.7. The lowest BCUT2D eigenvalue weighted by Gasteiger charge is -2.12. The Labute approximate surface area is 103 Å². The second kappa shape index (κ2) is 5.85. The molecule has 0 aromatic heterocycles. The van der Waals surface area contributed by atoms with E-state index >= 15 is 0 Å². The molecule has 98 valence electrons. The fourth-order valence-corrected chi connectivity index (χ4v) is 1.19. The highest BCUT2D eigenvalue weighted by Gasteiger charge is 2.19. The summed E-state index contributed by atoms with van der Waals surface area (Å²) in [5.74, 6) is -1.91. The molecular weight excluding hydrogens is 241 g/mol. The average molecular weight is 255 g/mol. The Morgan fingerprint density at radius 2 is 2.28 bits per heavy atom. The maximum Gasteiger partial charge on any atom is 0.235 e. The molecule has 0 spiro atoms. The highest BCUT2D eigenvalue weighted by molar-refractivity contribution is 6.07. The lowest BCUT2D eigenvalue weighted by atomic mass is 10.1. The highest BCUT2D eigenvalue weighted by Crippen LogP contribution is 2.21. The number of carbonyl (C=O) groups excluding carboxylic acids is 1. The molecule has 0 heterocycles. The molecule has 6 nitrogen and oxygen atoms in total. The summed E-state index contributed by atoms with van der Waals surface area (Å²) in [6.45, 7) is 1.43. The lowest BCUT2D eigenvalue weighted by Crippen LogP contribution is -2.32. The number of hydrogen-bond donors (Lipinski definition) is 3. The number of amidine groups is 1. The molecule has 1 unspecified atom stereocenters. The summed E-state index contributed by atoms with van der Waals surface area (Å²) < 4.78 is 18.3. The number of nitrogens with zero attached hydrogens (tertiary/aromatic N) is 1. The Balaban J connectivity index is 2.87. The van der Waals surface area contributed by atoms with Crippen LogP contribution in [0.5, 0.6) is 5.75 Å². The van der Waals surface area contributed by atoms with E-state index in [0.717, 1.165) is 0 Å². The average Bonchev–Trinajstić information content (AvgIpc) is 2.39. The second-order valence-electron chi connectivity index (χ2n) is 3.58. The van der Waals surface area contributed by atoms with Crippen LogP contribution >= 0.6 is 0 Å². The lowest BCUT2D eigenvalue weighted by molar-refractivity contribution is -0.117. The van der Waals surface area contributed by atoms with Crippen LogP contribution in [0.2, 0.25) is 0 Å². The first kappa shape index (κ1) is 13.8. The van der Waals surface area contributed by atoms with Crippen LogP contribution in [0.15, 0.2) is 23.4 Å². The van der Waals surface area contributed by atoms with E-state index in [1.54, 1.807) is 0 Å². The van der Waals surface area contributed by atoms with Crippen LogP contribution in [0.1, 0.15) is 6.92 Å². The topological polar surface area (TPSA) is 96.9 Å². The molecule has 0 radical (unpaired) electrons. The van der Waals surface area contributed by atoms with E-state index in [2.05, 4.69) is 10.5 Å². The van der Waals surface area contributed by atoms with Gasteiger partial charge in [0.15, 0.2) is 5.84 Å². The molecule has 1 aromatic rings. The Hall–Kier alpha value is -2.31. The molecule has 1 amide bonds. The molecule has 0 saturated heterocycles. The molecule has 18 heavy (non-hydrogen) atoms. The van der Waals surface area contributed by atoms with Crippen molar-refractivity contribution in [1.29, 1.82) is 0 Å². The van der Waals surface area contributed by atoms with E-state index in [0.29, 0.717) is 5.75 Å². The van der Waals surface area contributed by atoms with Crippen molar-refractivity contribution in [2.45, 2.75) is 6.92 Å². The van der Waals surface area contributed by atoms with Crippen molar-refractivity contribution >= 4 is 17.4 Å². The first-order chi connectivity index (χ1) is 8.49. The van der Waals surface area contributed by atoms with E-state index < -0.39 is 17.6 Å². The predicted octanol–water partition coefficient (Wildman–Crippen LogP) is 1.16. The molecule has 0 saturated carbocycles. The summed E-state index contributed by atoms with van der Waals surface area (Å²) in [5, 5.41) is 13.5. The van der Waals surface area contributed by atoms with Crippen molar-refractivity contribution in [2.24, 2.45) is 16.8 Å². The molecule has 0 aliphatic carbocycles. The Morgan fingerprint density at radius 3 is 2.83 bits per heavy atom. The molecule has 0 bridgehead atoms. The van der Waals surface area contributed by atoms with Crippen LogP contribution in [0.3, 0.4) is 0 Å². The fraction of sp³-hybridized carbons (Fsp3) is 0.273. The van der Waals surface area contributed by atoms with Gasteiger partial charge < -0.3 is 21.0 Å². The number of oxime groups is 1. The number of ether oxygens (including phenoxy) is 1. The van der Waals surface area contributed by atoms with Gasteiger partial charge in [-0.15, -0.1) is 0 Å². The van der Waals surface area contributed by atoms with Crippen LogP contribution in [0.25, 0.3) is 0 Å². The first-order valence-electron chi connectivity index (χ1n) is 5.11. The van der Waals surface area contributed by atoms with Gasteiger partial charge in [-0.25, -0.2) is 4.39 Å². The third kappa shape index (κ3) is 3.09. The van der Waals surface area contributed by atoms with Crippen molar-refractivity contribution in [2.75, 3.05) is 12.4 Å². The number of carbonyl (C=O) groups is 1. The van der Waals surface area contributed by atoms with Gasteiger partial charge in [-0.05, 0) is 19.1 Å². The van der Waals surface area contributed by atoms with Crippen molar-refractivity contribution in [1.82, 2.24) is 0 Å². The number of hydrogen-bond acceptors (Lipinski definition) is 4. The van der Waals surface area contributed by atoms with Crippen LogP contribution in [0, 0.1) is 11.7 Å². The Bertz CT molecular complexity index is 477. The van der Waals surface area contributed by atoms with Gasteiger partial charge >= 0.3 is 0 Å². The monoisotopic (exact) mass is 255 g/mol. The molecule has 1 aromatic carbocycles. The molecule has 7 heteroatoms. The summed E-state index contributed by atoms with van der Waals surface area (Å²) in [4.78, 5) is 11.7. The van der Waals surface area contributed by atoms with E-state index in [1.807, 2.05) is 0 Å². The summed E-state index contributed by atoms with van der Waals surface area (Å²) in [7, 11) is 1.43. The molecular formula is C11H14FN3O3. The first-order valence-corrected chi connectivity index (χ1v) is 5.11. The number of methoxy groups -OCH3 is 1. The SMILES string of the molecule is COc1ccc(F)c(NC(=O)C(C)C(N)=NO)c1. The number of nitrogens with one attached hydrogen (secondary N) is 1. The van der Waals surface area contributed by atoms with Crippen molar-refractivity contribution in [3.8, 4) is 5.75 Å². The number of nitrogens with two attached hydrogens (primary N) is 1. The number of halogens is 1. The minimum Gasteiger partial charge on any atom is -0.497 e. The van der Waals surface area contributed by atoms with Gasteiger partial charge in [-0.3, -0.25) is 4.79 Å². The van der Waals surface area contributed by atoms with Gasteiger partial charge in [-0.2, -0.15) is 0 Å². The Kier molecular flexibility index (Phi) is 4.47. The third-order valence-corrected chi connectivity index (χ3v) is 2.38. The summed E-state index contributed by atoms with van der Waals surface area (Å²) in [5.41, 5.74) is 5.26. The fourth-order valence-electron chi connectivity index (χ4n) is 1.19. The van der Waals surface area contributed by atoms with Gasteiger partial charge in [0, 0.05) is 6.07 Å². The number of amides is 1. The van der Waals surface area contributed by atoms with Gasteiger partial charge in [0.05, 0.1) is 18.7 Å². The maximum absolute atomic E-state index is 13.4. The van der Waals surface area contributed by atoms with E-state index in [9.17, 15) is 9.18 Å². The summed E-state index contributed by atoms with van der Waals surface area (Å²) in [6, 6.07) is 3.94. The zero-order valence-electron chi connectivity index (χ0n) is 9.98. The number of benzene rings is 1. The predicted molar refractivity (Wildman–Crippen MR) is 64.2 cm³/mol. The van der Waals surface area contributed by atoms with Crippen LogP contribution in [0.4, 0.5) is 10.1 Å². The summed E-state index contributed by atoms with van der Waals surface area (Å²) >= 11 is 0. The molecule has 1 atom stereocenters. The quantitative estimate of drug-likeness (QED) is 0.325. The minimum absolute atomic E-state index is 0.0306. The van der Waals surface area contributed by atoms with Gasteiger partial charge in [0.1, 0.15) is 11.6 Å². The van der Waals surface area contributed by atoms with E-state index in [-0.39, 0.29) is 11.5 Å².